The number of nitrogens with zero attached hydrogens (tertiary/aromatic N) is 1. The lowest BCUT2D eigenvalue weighted by atomic mass is 10.3. The highest BCUT2D eigenvalue weighted by molar-refractivity contribution is 7.89. The van der Waals surface area contributed by atoms with Crippen molar-refractivity contribution in [3.63, 3.8) is 0 Å². The Bertz CT molecular complexity index is 576. The topological polar surface area (TPSA) is 74.7 Å². The molecular weight excluding hydrogens is 297 g/mol. The number of hydrogen-bond donors (Lipinski definition) is 1. The molecule has 0 atom stereocenters. The third kappa shape index (κ3) is 3.65. The fourth-order valence-electron chi connectivity index (χ4n) is 1.51. The molecule has 0 amide bonds. The molecular formula is C11H13ClFNO4S. The normalized spacial score (nSPS) is 11.8. The minimum absolute atomic E-state index is 0.0133. The van der Waals surface area contributed by atoms with Crippen LogP contribution in [0.1, 0.15) is 13.3 Å². The number of halogens is 2. The van der Waals surface area contributed by atoms with E-state index in [0.29, 0.717) is 10.7 Å². The van der Waals surface area contributed by atoms with Crippen LogP contribution in [0.15, 0.2) is 23.1 Å². The molecule has 1 aromatic rings. The minimum Gasteiger partial charge on any atom is -0.480 e. The molecule has 0 aromatic heterocycles. The van der Waals surface area contributed by atoms with Gasteiger partial charge in [-0.2, -0.15) is 4.31 Å². The molecule has 0 saturated carbocycles. The lowest BCUT2D eigenvalue weighted by Crippen LogP contribution is -2.36. The molecule has 1 N–H and O–H groups in total. The van der Waals surface area contributed by atoms with Crippen molar-refractivity contribution in [3.8, 4) is 0 Å². The molecule has 0 bridgehead atoms. The summed E-state index contributed by atoms with van der Waals surface area (Å²) < 4.78 is 38.9. The summed E-state index contributed by atoms with van der Waals surface area (Å²) in [5, 5.41) is 8.39. The zero-order valence-electron chi connectivity index (χ0n) is 10.1. The van der Waals surface area contributed by atoms with E-state index < -0.39 is 33.3 Å². The second-order valence-corrected chi connectivity index (χ2v) is 6.10. The van der Waals surface area contributed by atoms with Gasteiger partial charge in [0, 0.05) is 6.54 Å². The minimum atomic E-state index is -4.22. The van der Waals surface area contributed by atoms with Gasteiger partial charge < -0.3 is 5.11 Å². The first-order valence-electron chi connectivity index (χ1n) is 5.46. The van der Waals surface area contributed by atoms with Crippen LogP contribution in [-0.4, -0.2) is 36.9 Å². The number of carbonyl (C=O) groups is 1. The van der Waals surface area contributed by atoms with Crippen molar-refractivity contribution >= 4 is 27.6 Å². The number of carboxylic acids is 1. The van der Waals surface area contributed by atoms with E-state index in [1.165, 1.54) is 12.1 Å². The molecule has 1 rings (SSSR count). The molecule has 106 valence electrons. The van der Waals surface area contributed by atoms with Crippen molar-refractivity contribution in [3.05, 3.63) is 29.0 Å². The average molecular weight is 310 g/mol. The van der Waals surface area contributed by atoms with E-state index in [9.17, 15) is 17.6 Å². The zero-order chi connectivity index (χ0) is 14.6. The molecule has 0 radical (unpaired) electrons. The third-order valence-corrected chi connectivity index (χ3v) is 4.47. The first-order chi connectivity index (χ1) is 8.80. The van der Waals surface area contributed by atoms with Crippen molar-refractivity contribution in [2.45, 2.75) is 18.2 Å². The molecule has 5 nitrogen and oxygen atoms in total. The second kappa shape index (κ2) is 6.31. The van der Waals surface area contributed by atoms with E-state index in [0.717, 1.165) is 6.07 Å². The summed E-state index contributed by atoms with van der Waals surface area (Å²) in [7, 11) is -4.22. The molecule has 0 spiro atoms. The summed E-state index contributed by atoms with van der Waals surface area (Å²) >= 11 is 5.53. The Morgan fingerprint density at radius 1 is 1.47 bits per heavy atom. The largest absolute Gasteiger partial charge is 0.480 e. The Morgan fingerprint density at radius 3 is 2.63 bits per heavy atom. The lowest BCUT2D eigenvalue weighted by Gasteiger charge is -2.20. The van der Waals surface area contributed by atoms with E-state index in [1.807, 2.05) is 0 Å². The maximum absolute atomic E-state index is 13.8. The maximum Gasteiger partial charge on any atom is 0.318 e. The average Bonchev–Trinajstić information content (AvgIpc) is 2.31. The van der Waals surface area contributed by atoms with Crippen LogP contribution in [0.5, 0.6) is 0 Å². The fourth-order valence-corrected chi connectivity index (χ4v) is 3.31. The molecule has 8 heteroatoms. The Kier molecular flexibility index (Phi) is 5.28. The molecule has 0 saturated heterocycles. The highest BCUT2D eigenvalue weighted by Crippen LogP contribution is 2.24. The SMILES string of the molecule is CCCN(CC(=O)O)S(=O)(=O)c1cccc(Cl)c1F. The van der Waals surface area contributed by atoms with Crippen LogP contribution >= 0.6 is 11.6 Å². The van der Waals surface area contributed by atoms with Crippen LogP contribution in [0.4, 0.5) is 4.39 Å². The van der Waals surface area contributed by atoms with E-state index in [1.54, 1.807) is 6.92 Å². The van der Waals surface area contributed by atoms with Crippen LogP contribution in [0.2, 0.25) is 5.02 Å². The summed E-state index contributed by atoms with van der Waals surface area (Å²) in [6.07, 6.45) is 0.411. The van der Waals surface area contributed by atoms with Gasteiger partial charge in [-0.25, -0.2) is 12.8 Å². The number of carboxylic acid groups (broad SMARTS) is 1. The summed E-state index contributed by atoms with van der Waals surface area (Å²) in [6.45, 7) is 0.960. The maximum atomic E-state index is 13.8. The van der Waals surface area contributed by atoms with Gasteiger partial charge >= 0.3 is 5.97 Å². The molecule has 0 aliphatic carbocycles. The van der Waals surface area contributed by atoms with Gasteiger partial charge in [-0.1, -0.05) is 24.6 Å². The summed E-state index contributed by atoms with van der Waals surface area (Å²) in [6, 6.07) is 3.57. The van der Waals surface area contributed by atoms with Gasteiger partial charge in [0.1, 0.15) is 11.4 Å². The van der Waals surface area contributed by atoms with Gasteiger partial charge in [0.2, 0.25) is 10.0 Å². The monoisotopic (exact) mass is 309 g/mol. The number of sulfonamides is 1. The third-order valence-electron chi connectivity index (χ3n) is 2.32. The standard InChI is InChI=1S/C11H13ClFNO4S/c1-2-6-14(7-10(15)16)19(17,18)9-5-3-4-8(12)11(9)13/h3-5H,2,6-7H2,1H3,(H,15,16). The van der Waals surface area contributed by atoms with E-state index in [-0.39, 0.29) is 11.6 Å². The molecule has 0 unspecified atom stereocenters. The van der Waals surface area contributed by atoms with Crippen LogP contribution in [-0.2, 0) is 14.8 Å². The Morgan fingerprint density at radius 2 is 2.11 bits per heavy atom. The number of aliphatic carboxylic acids is 1. The first-order valence-corrected chi connectivity index (χ1v) is 7.28. The van der Waals surface area contributed by atoms with Gasteiger partial charge in [0.15, 0.2) is 5.82 Å². The predicted octanol–water partition coefficient (Wildman–Crippen LogP) is 1.96. The van der Waals surface area contributed by atoms with Gasteiger partial charge in [-0.3, -0.25) is 4.79 Å². The van der Waals surface area contributed by atoms with Crippen molar-refractivity contribution in [2.24, 2.45) is 0 Å². The van der Waals surface area contributed by atoms with E-state index in [2.05, 4.69) is 0 Å². The highest BCUT2D eigenvalue weighted by atomic mass is 35.5. The number of benzene rings is 1. The van der Waals surface area contributed by atoms with Crippen molar-refractivity contribution in [1.29, 1.82) is 0 Å². The molecule has 19 heavy (non-hydrogen) atoms. The van der Waals surface area contributed by atoms with Gasteiger partial charge in [-0.05, 0) is 18.6 Å². The van der Waals surface area contributed by atoms with Gasteiger partial charge in [-0.15, -0.1) is 0 Å². The smallest absolute Gasteiger partial charge is 0.318 e. The Balaban J connectivity index is 3.26. The molecule has 0 aliphatic rings. The van der Waals surface area contributed by atoms with Crippen LogP contribution in [0.3, 0.4) is 0 Å². The molecule has 0 fully saturated rings. The second-order valence-electron chi connectivity index (χ2n) is 3.78. The number of hydrogen-bond acceptors (Lipinski definition) is 3. The lowest BCUT2D eigenvalue weighted by molar-refractivity contribution is -0.137. The van der Waals surface area contributed by atoms with E-state index in [4.69, 9.17) is 16.7 Å². The first kappa shape index (κ1) is 15.9. The van der Waals surface area contributed by atoms with Gasteiger partial charge in [0.25, 0.3) is 0 Å². The molecule has 1 aromatic carbocycles. The zero-order valence-corrected chi connectivity index (χ0v) is 11.7. The van der Waals surface area contributed by atoms with Crippen LogP contribution < -0.4 is 0 Å². The van der Waals surface area contributed by atoms with Crippen molar-refractivity contribution in [2.75, 3.05) is 13.1 Å². The van der Waals surface area contributed by atoms with E-state index >= 15 is 0 Å². The Labute approximate surface area is 115 Å². The Hall–Kier alpha value is -1.18. The molecule has 0 heterocycles. The number of rotatable bonds is 6. The molecule has 0 aliphatic heterocycles. The summed E-state index contributed by atoms with van der Waals surface area (Å²) in [5.41, 5.74) is 0. The quantitative estimate of drug-likeness (QED) is 0.871. The summed E-state index contributed by atoms with van der Waals surface area (Å²) in [5.74, 6) is -2.38. The van der Waals surface area contributed by atoms with Crippen molar-refractivity contribution in [1.82, 2.24) is 4.31 Å². The van der Waals surface area contributed by atoms with Crippen LogP contribution in [0, 0.1) is 5.82 Å². The fraction of sp³-hybridized carbons (Fsp3) is 0.364. The van der Waals surface area contributed by atoms with Crippen LogP contribution in [0.25, 0.3) is 0 Å². The van der Waals surface area contributed by atoms with Crippen molar-refractivity contribution < 1.29 is 22.7 Å². The summed E-state index contributed by atoms with van der Waals surface area (Å²) in [4.78, 5) is 10.1. The van der Waals surface area contributed by atoms with Gasteiger partial charge in [0.05, 0.1) is 5.02 Å². The highest BCUT2D eigenvalue weighted by Gasteiger charge is 2.29. The predicted molar refractivity (Wildman–Crippen MR) is 68.1 cm³/mol.